The van der Waals surface area contributed by atoms with Crippen molar-refractivity contribution in [2.24, 2.45) is 0 Å². The molecule has 5 rings (SSSR count). The number of fused-ring (bicyclic) bond motifs is 1. The van der Waals surface area contributed by atoms with Crippen LogP contribution in [0.4, 0.5) is 0 Å². The van der Waals surface area contributed by atoms with Crippen molar-refractivity contribution in [3.63, 3.8) is 0 Å². The van der Waals surface area contributed by atoms with Crippen LogP contribution < -0.4 is 0 Å². The van der Waals surface area contributed by atoms with Crippen LogP contribution in [0, 0.1) is 0 Å². The Labute approximate surface area is 183 Å². The van der Waals surface area contributed by atoms with E-state index < -0.39 is 18.2 Å². The van der Waals surface area contributed by atoms with Gasteiger partial charge in [-0.1, -0.05) is 60.7 Å². The molecule has 3 saturated heterocycles. The molecule has 31 heavy (non-hydrogen) atoms. The van der Waals surface area contributed by atoms with Crippen LogP contribution >= 0.6 is 0 Å². The monoisotopic (exact) mass is 425 g/mol. The van der Waals surface area contributed by atoms with E-state index in [0.717, 1.165) is 18.7 Å². The molecule has 0 unspecified atom stereocenters. The van der Waals surface area contributed by atoms with Crippen molar-refractivity contribution in [3.8, 4) is 0 Å². The molecule has 3 aliphatic rings. The second kappa shape index (κ2) is 8.62. The lowest BCUT2D eigenvalue weighted by Crippen LogP contribution is -2.51. The molecule has 6 heteroatoms. The first-order valence-corrected chi connectivity index (χ1v) is 11.1. The van der Waals surface area contributed by atoms with Crippen molar-refractivity contribution in [1.29, 1.82) is 0 Å². The van der Waals surface area contributed by atoms with E-state index in [1.807, 2.05) is 62.4 Å². The topological polar surface area (TPSA) is 60.4 Å². The highest BCUT2D eigenvalue weighted by molar-refractivity contribution is 5.16. The van der Waals surface area contributed by atoms with Crippen molar-refractivity contribution in [3.05, 3.63) is 71.8 Å². The van der Waals surface area contributed by atoms with E-state index in [0.29, 0.717) is 13.0 Å². The summed E-state index contributed by atoms with van der Waals surface area (Å²) in [5.74, 6) is -0.716. The van der Waals surface area contributed by atoms with E-state index in [4.69, 9.17) is 18.9 Å². The third-order valence-electron chi connectivity index (χ3n) is 6.41. The van der Waals surface area contributed by atoms with Gasteiger partial charge in [0, 0.05) is 13.1 Å². The molecule has 0 bridgehead atoms. The number of aliphatic hydroxyl groups is 1. The van der Waals surface area contributed by atoms with Gasteiger partial charge in [-0.15, -0.1) is 0 Å². The zero-order chi connectivity index (χ0) is 21.4. The molecule has 0 spiro atoms. The van der Waals surface area contributed by atoms with Crippen LogP contribution in [0.15, 0.2) is 60.7 Å². The molecule has 166 valence electrons. The molecular weight excluding hydrogens is 394 g/mol. The van der Waals surface area contributed by atoms with Crippen molar-refractivity contribution in [1.82, 2.24) is 4.90 Å². The summed E-state index contributed by atoms with van der Waals surface area (Å²) in [5.41, 5.74) is 2.31. The first-order chi connectivity index (χ1) is 15.0. The van der Waals surface area contributed by atoms with Gasteiger partial charge in [0.2, 0.25) is 0 Å². The van der Waals surface area contributed by atoms with Crippen molar-refractivity contribution in [2.75, 3.05) is 6.54 Å². The number of ether oxygens (including phenoxy) is 4. The standard InChI is InChI=1S/C25H31NO5/c1-25(2)30-23-22(28-16-18-11-7-4-8-12-18)21(29-24(23)31-25)20-19(27)13-14-26(20)15-17-9-5-3-6-10-17/h3-12,19-24,27H,13-16H2,1-2H3/t19-,20-,21-,22+,23-,24-/m1/s1. The predicted octanol–water partition coefficient (Wildman–Crippen LogP) is 3.08. The Morgan fingerprint density at radius 3 is 2.35 bits per heavy atom. The highest BCUT2D eigenvalue weighted by atomic mass is 16.8. The maximum absolute atomic E-state index is 10.9. The van der Waals surface area contributed by atoms with E-state index in [1.54, 1.807) is 0 Å². The summed E-state index contributed by atoms with van der Waals surface area (Å²) in [6, 6.07) is 20.3. The number of benzene rings is 2. The minimum Gasteiger partial charge on any atom is -0.391 e. The van der Waals surface area contributed by atoms with E-state index in [9.17, 15) is 5.11 Å². The van der Waals surface area contributed by atoms with Gasteiger partial charge in [-0.25, -0.2) is 0 Å². The molecular formula is C25H31NO5. The number of rotatable bonds is 6. The van der Waals surface area contributed by atoms with Crippen LogP contribution in [0.1, 0.15) is 31.4 Å². The SMILES string of the molecule is CC1(C)O[C@H]2O[C@H]([C@H]3[C@H](O)CCN3Cc3ccccc3)[C@H](OCc3ccccc3)[C@H]2O1. The summed E-state index contributed by atoms with van der Waals surface area (Å²) >= 11 is 0. The van der Waals surface area contributed by atoms with Crippen molar-refractivity contribution >= 4 is 0 Å². The molecule has 3 fully saturated rings. The van der Waals surface area contributed by atoms with Crippen LogP contribution in [-0.2, 0) is 32.1 Å². The van der Waals surface area contributed by atoms with Gasteiger partial charge in [-0.2, -0.15) is 0 Å². The number of aliphatic hydroxyl groups excluding tert-OH is 1. The van der Waals surface area contributed by atoms with Crippen LogP contribution in [0.2, 0.25) is 0 Å². The summed E-state index contributed by atoms with van der Waals surface area (Å²) in [5, 5.41) is 10.9. The van der Waals surface area contributed by atoms with Crippen LogP contribution in [0.5, 0.6) is 0 Å². The van der Waals surface area contributed by atoms with Crippen molar-refractivity contribution < 1.29 is 24.1 Å². The Balaban J connectivity index is 1.37. The highest BCUT2D eigenvalue weighted by Gasteiger charge is 2.59. The number of likely N-dealkylation sites (tertiary alicyclic amines) is 1. The zero-order valence-corrected chi connectivity index (χ0v) is 18.1. The molecule has 0 radical (unpaired) electrons. The van der Waals surface area contributed by atoms with Gasteiger partial charge in [0.05, 0.1) is 18.8 Å². The summed E-state index contributed by atoms with van der Waals surface area (Å²) in [6.07, 6.45) is -1.25. The lowest BCUT2D eigenvalue weighted by molar-refractivity contribution is -0.228. The Hall–Kier alpha value is -1.80. The minimum atomic E-state index is -0.716. The smallest absolute Gasteiger partial charge is 0.190 e. The number of hydrogen-bond acceptors (Lipinski definition) is 6. The number of hydrogen-bond donors (Lipinski definition) is 1. The Kier molecular flexibility index (Phi) is 5.86. The summed E-state index contributed by atoms with van der Waals surface area (Å²) in [6.45, 7) is 5.82. The van der Waals surface area contributed by atoms with Gasteiger partial charge in [0.1, 0.15) is 18.3 Å². The molecule has 3 aliphatic heterocycles. The van der Waals surface area contributed by atoms with Gasteiger partial charge < -0.3 is 24.1 Å². The largest absolute Gasteiger partial charge is 0.391 e. The molecule has 1 N–H and O–H groups in total. The van der Waals surface area contributed by atoms with E-state index in [2.05, 4.69) is 17.0 Å². The molecule has 2 aromatic carbocycles. The Morgan fingerprint density at radius 2 is 1.65 bits per heavy atom. The maximum atomic E-state index is 10.9. The normalized spacial score (nSPS) is 34.8. The minimum absolute atomic E-state index is 0.179. The average molecular weight is 426 g/mol. The Morgan fingerprint density at radius 1 is 0.968 bits per heavy atom. The fourth-order valence-corrected chi connectivity index (χ4v) is 5.03. The number of nitrogens with zero attached hydrogens (tertiary/aromatic N) is 1. The van der Waals surface area contributed by atoms with E-state index in [-0.39, 0.29) is 24.4 Å². The highest BCUT2D eigenvalue weighted by Crippen LogP contribution is 2.42. The molecule has 0 saturated carbocycles. The van der Waals surface area contributed by atoms with Crippen LogP contribution in [-0.4, -0.2) is 59.1 Å². The summed E-state index contributed by atoms with van der Waals surface area (Å²) < 4.78 is 25.0. The Bertz CT molecular complexity index is 861. The maximum Gasteiger partial charge on any atom is 0.190 e. The van der Waals surface area contributed by atoms with E-state index >= 15 is 0 Å². The fourth-order valence-electron chi connectivity index (χ4n) is 5.03. The molecule has 0 aliphatic carbocycles. The van der Waals surface area contributed by atoms with Crippen LogP contribution in [0.3, 0.4) is 0 Å². The van der Waals surface area contributed by atoms with Gasteiger partial charge in [-0.05, 0) is 31.4 Å². The molecule has 3 heterocycles. The van der Waals surface area contributed by atoms with Crippen LogP contribution in [0.25, 0.3) is 0 Å². The van der Waals surface area contributed by atoms with Crippen molar-refractivity contribution in [2.45, 2.75) is 76.0 Å². The molecule has 0 amide bonds. The van der Waals surface area contributed by atoms with Gasteiger partial charge >= 0.3 is 0 Å². The molecule has 6 atom stereocenters. The lowest BCUT2D eigenvalue weighted by Gasteiger charge is -2.35. The van der Waals surface area contributed by atoms with Gasteiger partial charge in [0.25, 0.3) is 0 Å². The lowest BCUT2D eigenvalue weighted by atomic mass is 9.98. The van der Waals surface area contributed by atoms with Gasteiger partial charge in [0.15, 0.2) is 12.1 Å². The average Bonchev–Trinajstić information content (AvgIpc) is 3.37. The second-order valence-electron chi connectivity index (χ2n) is 9.13. The summed E-state index contributed by atoms with van der Waals surface area (Å²) in [4.78, 5) is 2.30. The third-order valence-corrected chi connectivity index (χ3v) is 6.41. The van der Waals surface area contributed by atoms with Gasteiger partial charge in [-0.3, -0.25) is 4.90 Å². The first kappa shape index (κ1) is 21.1. The third kappa shape index (κ3) is 4.42. The quantitative estimate of drug-likeness (QED) is 0.768. The molecule has 6 nitrogen and oxygen atoms in total. The predicted molar refractivity (Wildman–Crippen MR) is 115 cm³/mol. The second-order valence-corrected chi connectivity index (χ2v) is 9.13. The first-order valence-electron chi connectivity index (χ1n) is 11.1. The summed E-state index contributed by atoms with van der Waals surface area (Å²) in [7, 11) is 0. The molecule has 2 aromatic rings. The fraction of sp³-hybridized carbons (Fsp3) is 0.520. The zero-order valence-electron chi connectivity index (χ0n) is 18.1. The van der Waals surface area contributed by atoms with E-state index in [1.165, 1.54) is 5.56 Å². The molecule has 0 aromatic heterocycles.